The minimum atomic E-state index is -2.04. The largest absolute Gasteiger partial charge is 0.490 e. The number of amidine groups is 1. The second kappa shape index (κ2) is 14.9. The number of methoxy groups -OCH3 is 1. The van der Waals surface area contributed by atoms with Gasteiger partial charge in [0.25, 0.3) is 0 Å². The van der Waals surface area contributed by atoms with E-state index in [0.717, 1.165) is 7.11 Å². The standard InChI is InChI=1S/C32H50N6O9/c1-29(2,3)46-26(40)31(35,25(39)43-7)18-21-8-10-22(11-9-21)44-20-23-19-37(28(42)45-23)15-12-32(24(33)34,27(41)47-30(4,5)6)38-16-13-36-14-17-38/h8-11,23,36H,12-20,35H2,1-7H3,(H3,33,34). The van der Waals surface area contributed by atoms with E-state index in [1.807, 2.05) is 4.90 Å². The molecule has 47 heavy (non-hydrogen) atoms. The first-order valence-corrected chi connectivity index (χ1v) is 15.6. The zero-order chi connectivity index (χ0) is 35.2. The van der Waals surface area contributed by atoms with Gasteiger partial charge < -0.3 is 45.4 Å². The fourth-order valence-corrected chi connectivity index (χ4v) is 5.35. The van der Waals surface area contributed by atoms with Crippen molar-refractivity contribution in [3.63, 3.8) is 0 Å². The zero-order valence-electron chi connectivity index (χ0n) is 28.5. The third-order valence-corrected chi connectivity index (χ3v) is 7.69. The van der Waals surface area contributed by atoms with Crippen molar-refractivity contribution < 1.29 is 42.9 Å². The summed E-state index contributed by atoms with van der Waals surface area (Å²) in [5.41, 5.74) is 7.64. The van der Waals surface area contributed by atoms with Crippen LogP contribution in [0.15, 0.2) is 24.3 Å². The van der Waals surface area contributed by atoms with Gasteiger partial charge in [-0.1, -0.05) is 12.1 Å². The average molecular weight is 663 g/mol. The molecular formula is C32H50N6O9. The smallest absolute Gasteiger partial charge is 0.410 e. The fourth-order valence-electron chi connectivity index (χ4n) is 5.35. The van der Waals surface area contributed by atoms with Crippen molar-refractivity contribution in [3.8, 4) is 5.75 Å². The van der Waals surface area contributed by atoms with Crippen LogP contribution in [0.5, 0.6) is 5.75 Å². The number of hydrogen-bond acceptors (Lipinski definition) is 13. The van der Waals surface area contributed by atoms with Gasteiger partial charge in [-0.05, 0) is 59.2 Å². The van der Waals surface area contributed by atoms with Gasteiger partial charge in [0.1, 0.15) is 29.4 Å². The van der Waals surface area contributed by atoms with E-state index in [0.29, 0.717) is 37.5 Å². The molecular weight excluding hydrogens is 612 g/mol. The van der Waals surface area contributed by atoms with Crippen LogP contribution in [0.1, 0.15) is 53.5 Å². The van der Waals surface area contributed by atoms with E-state index in [4.69, 9.17) is 40.6 Å². The molecule has 2 fully saturated rings. The van der Waals surface area contributed by atoms with Gasteiger partial charge in [0.05, 0.1) is 13.7 Å². The van der Waals surface area contributed by atoms with Crippen LogP contribution in [0.4, 0.5) is 4.79 Å². The Hall–Kier alpha value is -3.95. The quantitative estimate of drug-likeness (QED) is 0.0764. The lowest BCUT2D eigenvalue weighted by molar-refractivity contribution is -0.170. The molecule has 3 rings (SSSR count). The maximum atomic E-state index is 13.6. The van der Waals surface area contributed by atoms with Crippen molar-refractivity contribution in [1.29, 1.82) is 5.41 Å². The Balaban J connectivity index is 1.63. The summed E-state index contributed by atoms with van der Waals surface area (Å²) in [6.07, 6.45) is -1.28. The number of hydrogen-bond donors (Lipinski definition) is 4. The molecule has 15 nitrogen and oxygen atoms in total. The Bertz CT molecular complexity index is 1300. The van der Waals surface area contributed by atoms with E-state index in [9.17, 15) is 19.2 Å². The molecule has 0 aliphatic carbocycles. The molecule has 2 saturated heterocycles. The van der Waals surface area contributed by atoms with Gasteiger partial charge in [0, 0.05) is 45.6 Å². The lowest BCUT2D eigenvalue weighted by Crippen LogP contribution is -2.67. The Kier molecular flexibility index (Phi) is 11.9. The number of cyclic esters (lactones) is 1. The highest BCUT2D eigenvalue weighted by Crippen LogP contribution is 2.28. The van der Waals surface area contributed by atoms with Gasteiger partial charge in [-0.25, -0.2) is 19.2 Å². The number of benzene rings is 1. The normalized spacial score (nSPS) is 20.0. The van der Waals surface area contributed by atoms with Crippen molar-refractivity contribution in [2.75, 3.05) is 53.0 Å². The number of rotatable bonds is 13. The maximum Gasteiger partial charge on any atom is 0.410 e. The SMILES string of the molecule is COC(=O)C(N)(Cc1ccc(OCC2CN(CCC(C(=N)N)(C(=O)OC(C)(C)C)N3CCNCC3)C(=O)O2)cc1)C(=O)OC(C)(C)C. The molecule has 1 aromatic rings. The molecule has 3 atom stereocenters. The summed E-state index contributed by atoms with van der Waals surface area (Å²) < 4.78 is 27.3. The number of amides is 1. The van der Waals surface area contributed by atoms with Gasteiger partial charge in [0.15, 0.2) is 11.6 Å². The van der Waals surface area contributed by atoms with Gasteiger partial charge in [-0.2, -0.15) is 0 Å². The number of nitrogens with two attached hydrogens (primary N) is 2. The average Bonchev–Trinajstić information content (AvgIpc) is 3.34. The van der Waals surface area contributed by atoms with Crippen LogP contribution in [0.2, 0.25) is 0 Å². The molecule has 262 valence electrons. The van der Waals surface area contributed by atoms with Crippen LogP contribution >= 0.6 is 0 Å². The minimum absolute atomic E-state index is 0.0458. The van der Waals surface area contributed by atoms with Crippen LogP contribution in [-0.4, -0.2) is 121 Å². The minimum Gasteiger partial charge on any atom is -0.490 e. The van der Waals surface area contributed by atoms with E-state index >= 15 is 0 Å². The van der Waals surface area contributed by atoms with Crippen molar-refractivity contribution in [1.82, 2.24) is 15.1 Å². The second-order valence-electron chi connectivity index (χ2n) is 13.8. The first kappa shape index (κ1) is 37.5. The molecule has 0 saturated carbocycles. The van der Waals surface area contributed by atoms with E-state index in [1.54, 1.807) is 65.8 Å². The molecule has 15 heteroatoms. The highest BCUT2D eigenvalue weighted by Gasteiger charge is 2.51. The lowest BCUT2D eigenvalue weighted by atomic mass is 9.89. The first-order chi connectivity index (χ1) is 21.8. The van der Waals surface area contributed by atoms with E-state index in [1.165, 1.54) is 4.90 Å². The lowest BCUT2D eigenvalue weighted by Gasteiger charge is -2.44. The first-order valence-electron chi connectivity index (χ1n) is 15.6. The van der Waals surface area contributed by atoms with Gasteiger partial charge in [-0.3, -0.25) is 10.3 Å². The van der Waals surface area contributed by atoms with E-state index in [-0.39, 0.29) is 38.4 Å². The third-order valence-electron chi connectivity index (χ3n) is 7.69. The molecule has 0 radical (unpaired) electrons. The number of ether oxygens (including phenoxy) is 5. The van der Waals surface area contributed by atoms with Gasteiger partial charge >= 0.3 is 24.0 Å². The number of carbonyl (C=O) groups is 4. The topological polar surface area (TPSA) is 209 Å². The van der Waals surface area contributed by atoms with Crippen molar-refractivity contribution in [2.24, 2.45) is 11.5 Å². The van der Waals surface area contributed by atoms with E-state index < -0.39 is 52.4 Å². The number of esters is 3. The summed E-state index contributed by atoms with van der Waals surface area (Å²) in [7, 11) is 1.15. The zero-order valence-corrected chi connectivity index (χ0v) is 28.5. The van der Waals surface area contributed by atoms with Crippen LogP contribution in [0.3, 0.4) is 0 Å². The molecule has 3 unspecified atom stereocenters. The summed E-state index contributed by atoms with van der Waals surface area (Å²) in [5.74, 6) is -2.32. The molecule has 1 aromatic carbocycles. The van der Waals surface area contributed by atoms with E-state index in [2.05, 4.69) is 5.32 Å². The molecule has 0 spiro atoms. The number of nitrogens with one attached hydrogen (secondary N) is 2. The van der Waals surface area contributed by atoms with Crippen LogP contribution in [0, 0.1) is 5.41 Å². The summed E-state index contributed by atoms with van der Waals surface area (Å²) in [6, 6.07) is 6.61. The Morgan fingerprint density at radius 2 is 1.55 bits per heavy atom. The molecule has 0 aromatic heterocycles. The van der Waals surface area contributed by atoms with Crippen LogP contribution in [0.25, 0.3) is 0 Å². The van der Waals surface area contributed by atoms with Crippen molar-refractivity contribution >= 4 is 29.8 Å². The summed E-state index contributed by atoms with van der Waals surface area (Å²) in [5, 5.41) is 11.7. The predicted molar refractivity (Wildman–Crippen MR) is 172 cm³/mol. The third kappa shape index (κ3) is 9.55. The Labute approximate surface area is 276 Å². The van der Waals surface area contributed by atoms with Gasteiger partial charge in [0.2, 0.25) is 5.54 Å². The summed E-state index contributed by atoms with van der Waals surface area (Å²) in [6.45, 7) is 12.8. The monoisotopic (exact) mass is 662 g/mol. The Morgan fingerprint density at radius 1 is 0.979 bits per heavy atom. The second-order valence-corrected chi connectivity index (χ2v) is 13.8. The molecule has 0 bridgehead atoms. The molecule has 2 heterocycles. The molecule has 6 N–H and O–H groups in total. The highest BCUT2D eigenvalue weighted by molar-refractivity contribution is 6.08. The molecule has 1 amide bonds. The predicted octanol–water partition coefficient (Wildman–Crippen LogP) is 0.953. The van der Waals surface area contributed by atoms with Crippen LogP contribution in [-0.2, 0) is 39.8 Å². The maximum absolute atomic E-state index is 13.6. The van der Waals surface area contributed by atoms with Gasteiger partial charge in [-0.15, -0.1) is 0 Å². The summed E-state index contributed by atoms with van der Waals surface area (Å²) >= 11 is 0. The van der Waals surface area contributed by atoms with Crippen molar-refractivity contribution in [2.45, 2.75) is 82.8 Å². The summed E-state index contributed by atoms with van der Waals surface area (Å²) in [4.78, 5) is 54.9. The number of nitrogens with zero attached hydrogens (tertiary/aromatic N) is 2. The van der Waals surface area contributed by atoms with Crippen molar-refractivity contribution in [3.05, 3.63) is 29.8 Å². The molecule has 2 aliphatic rings. The Morgan fingerprint density at radius 3 is 2.09 bits per heavy atom. The molecule has 2 aliphatic heterocycles. The highest BCUT2D eigenvalue weighted by atomic mass is 16.6. The number of piperazine rings is 1. The van der Waals surface area contributed by atoms with Crippen LogP contribution < -0.4 is 21.5 Å². The number of carbonyl (C=O) groups excluding carboxylic acids is 4. The fraction of sp³-hybridized carbons (Fsp3) is 0.656.